The second-order valence-corrected chi connectivity index (χ2v) is 7.65. The minimum Gasteiger partial charge on any atom is -0.463 e. The highest BCUT2D eigenvalue weighted by Gasteiger charge is 1.96. The minimum atomic E-state index is -0.308. The van der Waals surface area contributed by atoms with Crippen molar-refractivity contribution >= 4 is 5.97 Å². The number of rotatable bonds is 30. The predicted octanol–water partition coefficient (Wildman–Crippen LogP) is 0.261. The Hall–Kier alpha value is -0.930. The molecule has 0 bridgehead atoms. The van der Waals surface area contributed by atoms with Crippen LogP contribution in [0.25, 0.3) is 0 Å². The number of ether oxygens (including phenoxy) is 10. The van der Waals surface area contributed by atoms with E-state index in [0.717, 1.165) is 6.54 Å². The fraction of sp³-hybridized carbons (Fsp3) is 0.958. The summed E-state index contributed by atoms with van der Waals surface area (Å²) in [6.07, 6.45) is 0. The SMILES string of the molecule is CC(=O)OCCOCCOCCOCCOCCOCCOCCOCCOCCOCCN(C)C. The van der Waals surface area contributed by atoms with Gasteiger partial charge in [-0.05, 0) is 14.1 Å². The van der Waals surface area contributed by atoms with Crippen molar-refractivity contribution in [1.82, 2.24) is 4.90 Å². The van der Waals surface area contributed by atoms with Crippen molar-refractivity contribution in [3.05, 3.63) is 0 Å². The zero-order chi connectivity index (χ0) is 26.4. The molecule has 0 saturated carbocycles. The summed E-state index contributed by atoms with van der Waals surface area (Å²) in [5.41, 5.74) is 0. The van der Waals surface area contributed by atoms with Crippen molar-refractivity contribution < 1.29 is 52.2 Å². The van der Waals surface area contributed by atoms with Gasteiger partial charge in [-0.1, -0.05) is 0 Å². The maximum absolute atomic E-state index is 10.6. The molecule has 0 fully saturated rings. The van der Waals surface area contributed by atoms with Crippen molar-refractivity contribution in [1.29, 1.82) is 0 Å². The number of nitrogens with zero attached hydrogens (tertiary/aromatic N) is 1. The summed E-state index contributed by atoms with van der Waals surface area (Å²) in [7, 11) is 4.03. The summed E-state index contributed by atoms with van der Waals surface area (Å²) in [5.74, 6) is -0.308. The van der Waals surface area contributed by atoms with E-state index in [4.69, 9.17) is 47.4 Å². The molecule has 0 aliphatic heterocycles. The van der Waals surface area contributed by atoms with Gasteiger partial charge in [-0.3, -0.25) is 4.79 Å². The highest BCUT2D eigenvalue weighted by molar-refractivity contribution is 5.65. The van der Waals surface area contributed by atoms with Crippen LogP contribution in [-0.4, -0.2) is 157 Å². The zero-order valence-electron chi connectivity index (χ0n) is 22.6. The van der Waals surface area contributed by atoms with E-state index in [1.807, 2.05) is 14.1 Å². The highest BCUT2D eigenvalue weighted by Crippen LogP contribution is 1.87. The van der Waals surface area contributed by atoms with E-state index in [9.17, 15) is 4.79 Å². The van der Waals surface area contributed by atoms with Crippen LogP contribution in [0.1, 0.15) is 6.92 Å². The molecule has 0 rings (SSSR count). The maximum Gasteiger partial charge on any atom is 0.302 e. The number of carbonyl (C=O) groups excluding carboxylic acids is 1. The topological polar surface area (TPSA) is 113 Å². The average molecular weight is 528 g/mol. The standard InChI is InChI=1S/C24H49NO11/c1-24(26)36-23-22-35-21-20-34-19-18-33-17-16-32-15-14-31-13-12-30-11-10-29-9-8-28-7-6-27-5-4-25(2)3/h4-23H2,1-3H3. The summed E-state index contributed by atoms with van der Waals surface area (Å²) in [6, 6.07) is 0. The first-order chi connectivity index (χ1) is 17.6. The van der Waals surface area contributed by atoms with Crippen LogP contribution < -0.4 is 0 Å². The van der Waals surface area contributed by atoms with Crippen molar-refractivity contribution in [2.24, 2.45) is 0 Å². The fourth-order valence-corrected chi connectivity index (χ4v) is 2.35. The molecule has 0 spiro atoms. The Balaban J connectivity index is 3.03. The van der Waals surface area contributed by atoms with Crippen molar-refractivity contribution in [3.8, 4) is 0 Å². The molecular formula is C24H49NO11. The summed E-state index contributed by atoms with van der Waals surface area (Å²) >= 11 is 0. The van der Waals surface area contributed by atoms with Gasteiger partial charge in [0.15, 0.2) is 0 Å². The third-order valence-corrected chi connectivity index (χ3v) is 4.19. The molecule has 0 aromatic carbocycles. The van der Waals surface area contributed by atoms with Crippen LogP contribution in [0.5, 0.6) is 0 Å². The molecular weight excluding hydrogens is 478 g/mol. The molecule has 12 heteroatoms. The van der Waals surface area contributed by atoms with E-state index in [-0.39, 0.29) is 12.6 Å². The van der Waals surface area contributed by atoms with Gasteiger partial charge in [-0.15, -0.1) is 0 Å². The Bertz CT molecular complexity index is 444. The largest absolute Gasteiger partial charge is 0.463 e. The summed E-state index contributed by atoms with van der Waals surface area (Å²) in [6.45, 7) is 11.9. The first-order valence-corrected chi connectivity index (χ1v) is 12.6. The maximum atomic E-state index is 10.6. The van der Waals surface area contributed by atoms with Gasteiger partial charge in [0.2, 0.25) is 0 Å². The molecule has 0 aromatic heterocycles. The van der Waals surface area contributed by atoms with E-state index < -0.39 is 0 Å². The minimum absolute atomic E-state index is 0.263. The van der Waals surface area contributed by atoms with E-state index in [1.54, 1.807) is 0 Å². The molecule has 216 valence electrons. The zero-order valence-corrected chi connectivity index (χ0v) is 22.6. The summed E-state index contributed by atoms with van der Waals surface area (Å²) in [4.78, 5) is 12.6. The van der Waals surface area contributed by atoms with Crippen LogP contribution >= 0.6 is 0 Å². The number of esters is 1. The quantitative estimate of drug-likeness (QED) is 0.0943. The molecule has 0 aromatic rings. The smallest absolute Gasteiger partial charge is 0.302 e. The van der Waals surface area contributed by atoms with Crippen LogP contribution in [0.2, 0.25) is 0 Å². The van der Waals surface area contributed by atoms with Gasteiger partial charge < -0.3 is 52.3 Å². The molecule has 0 aliphatic rings. The van der Waals surface area contributed by atoms with Gasteiger partial charge in [-0.2, -0.15) is 0 Å². The van der Waals surface area contributed by atoms with Crippen LogP contribution in [-0.2, 0) is 52.2 Å². The Morgan fingerprint density at radius 3 is 0.861 bits per heavy atom. The molecule has 0 atom stereocenters. The van der Waals surface area contributed by atoms with Gasteiger partial charge in [0.1, 0.15) is 6.61 Å². The molecule has 0 unspecified atom stereocenters. The normalized spacial score (nSPS) is 11.4. The number of hydrogen-bond acceptors (Lipinski definition) is 12. The molecule has 0 saturated heterocycles. The highest BCUT2D eigenvalue weighted by atomic mass is 16.6. The number of hydrogen-bond donors (Lipinski definition) is 0. The van der Waals surface area contributed by atoms with E-state index in [0.29, 0.717) is 119 Å². The third kappa shape index (κ3) is 33.1. The molecule has 0 heterocycles. The first-order valence-electron chi connectivity index (χ1n) is 12.6. The first kappa shape index (κ1) is 35.1. The Morgan fingerprint density at radius 1 is 0.417 bits per heavy atom. The fourth-order valence-electron chi connectivity index (χ4n) is 2.35. The molecule has 36 heavy (non-hydrogen) atoms. The lowest BCUT2D eigenvalue weighted by Gasteiger charge is -2.10. The summed E-state index contributed by atoms with van der Waals surface area (Å²) in [5, 5.41) is 0. The average Bonchev–Trinajstić information content (AvgIpc) is 2.85. The van der Waals surface area contributed by atoms with E-state index >= 15 is 0 Å². The Kier molecular flexibility index (Phi) is 29.5. The van der Waals surface area contributed by atoms with Gasteiger partial charge >= 0.3 is 5.97 Å². The number of carbonyl (C=O) groups is 1. The van der Waals surface area contributed by atoms with E-state index in [1.165, 1.54) is 6.92 Å². The lowest BCUT2D eigenvalue weighted by molar-refractivity contribution is -0.142. The monoisotopic (exact) mass is 527 g/mol. The second kappa shape index (κ2) is 30.3. The van der Waals surface area contributed by atoms with Crippen LogP contribution in [0.15, 0.2) is 0 Å². The number of likely N-dealkylation sites (N-methyl/N-ethyl adjacent to an activating group) is 1. The van der Waals surface area contributed by atoms with Crippen molar-refractivity contribution in [2.75, 3.05) is 146 Å². The van der Waals surface area contributed by atoms with Crippen molar-refractivity contribution in [2.45, 2.75) is 6.92 Å². The molecule has 0 amide bonds. The van der Waals surface area contributed by atoms with E-state index in [2.05, 4.69) is 4.90 Å². The predicted molar refractivity (Wildman–Crippen MR) is 133 cm³/mol. The van der Waals surface area contributed by atoms with Gasteiger partial charge in [-0.25, -0.2) is 0 Å². The van der Waals surface area contributed by atoms with Crippen LogP contribution in [0.3, 0.4) is 0 Å². The Morgan fingerprint density at radius 2 is 0.639 bits per heavy atom. The lowest BCUT2D eigenvalue weighted by atomic mass is 10.6. The third-order valence-electron chi connectivity index (χ3n) is 4.19. The lowest BCUT2D eigenvalue weighted by Crippen LogP contribution is -2.19. The second-order valence-electron chi connectivity index (χ2n) is 7.65. The molecule has 12 nitrogen and oxygen atoms in total. The van der Waals surface area contributed by atoms with Gasteiger partial charge in [0.25, 0.3) is 0 Å². The molecule has 0 radical (unpaired) electrons. The van der Waals surface area contributed by atoms with Gasteiger partial charge in [0, 0.05) is 13.5 Å². The Labute approximate surface area is 216 Å². The molecule has 0 aliphatic carbocycles. The molecule has 0 N–H and O–H groups in total. The van der Waals surface area contributed by atoms with Crippen molar-refractivity contribution in [3.63, 3.8) is 0 Å². The van der Waals surface area contributed by atoms with Crippen LogP contribution in [0, 0.1) is 0 Å². The van der Waals surface area contributed by atoms with Gasteiger partial charge in [0.05, 0.1) is 119 Å². The summed E-state index contributed by atoms with van der Waals surface area (Å²) < 4.78 is 53.4. The van der Waals surface area contributed by atoms with Crippen LogP contribution in [0.4, 0.5) is 0 Å².